The first-order valence-electron chi connectivity index (χ1n) is 10.1. The highest BCUT2D eigenvalue weighted by Gasteiger charge is 2.21. The Morgan fingerprint density at radius 1 is 1.07 bits per heavy atom. The highest BCUT2D eigenvalue weighted by atomic mass is 15.3. The van der Waals surface area contributed by atoms with Gasteiger partial charge in [-0.3, -0.25) is 4.68 Å². The smallest absolute Gasteiger partial charge is 0.0954 e. The van der Waals surface area contributed by atoms with Crippen LogP contribution in [0.5, 0.6) is 0 Å². The summed E-state index contributed by atoms with van der Waals surface area (Å²) in [6.45, 7) is 8.80. The van der Waals surface area contributed by atoms with E-state index >= 15 is 0 Å². The minimum absolute atomic E-state index is 0.456. The lowest BCUT2D eigenvalue weighted by atomic mass is 10.1. The summed E-state index contributed by atoms with van der Waals surface area (Å²) >= 11 is 0. The van der Waals surface area contributed by atoms with Gasteiger partial charge in [0.05, 0.1) is 31.0 Å². The minimum atomic E-state index is 0.456. The average Bonchev–Trinajstić information content (AvgIpc) is 3.43. The van der Waals surface area contributed by atoms with Gasteiger partial charge in [-0.15, -0.1) is 0 Å². The van der Waals surface area contributed by atoms with Crippen molar-refractivity contribution in [2.24, 2.45) is 0 Å². The van der Waals surface area contributed by atoms with Crippen LogP contribution < -0.4 is 0 Å². The molecule has 1 unspecified atom stereocenters. The van der Waals surface area contributed by atoms with E-state index in [9.17, 15) is 0 Å². The van der Waals surface area contributed by atoms with Crippen LogP contribution in [0.2, 0.25) is 0 Å². The predicted molar refractivity (Wildman–Crippen MR) is 109 cm³/mol. The van der Waals surface area contributed by atoms with Crippen LogP contribution in [0, 0.1) is 6.92 Å². The molecule has 0 bridgehead atoms. The fraction of sp³-hybridized carbons (Fsp3) is 0.455. The molecule has 5 heteroatoms. The van der Waals surface area contributed by atoms with Gasteiger partial charge >= 0.3 is 0 Å². The number of nitrogens with zero attached hydrogens (tertiary/aromatic N) is 5. The summed E-state index contributed by atoms with van der Waals surface area (Å²) in [4.78, 5) is 7.07. The Balaban J connectivity index is 1.58. The maximum absolute atomic E-state index is 4.66. The molecule has 0 radical (unpaired) electrons. The van der Waals surface area contributed by atoms with Crippen LogP contribution in [-0.2, 0) is 6.54 Å². The zero-order valence-corrected chi connectivity index (χ0v) is 16.4. The molecule has 1 aliphatic heterocycles. The van der Waals surface area contributed by atoms with Crippen LogP contribution in [0.15, 0.2) is 49.1 Å². The van der Waals surface area contributed by atoms with Gasteiger partial charge < -0.3 is 9.47 Å². The van der Waals surface area contributed by atoms with Gasteiger partial charge in [0, 0.05) is 23.8 Å². The molecule has 0 amide bonds. The molecular weight excluding hydrogens is 334 g/mol. The van der Waals surface area contributed by atoms with Gasteiger partial charge in [0.15, 0.2) is 0 Å². The van der Waals surface area contributed by atoms with E-state index in [1.807, 2.05) is 18.7 Å². The number of likely N-dealkylation sites (tertiary alicyclic amines) is 1. The van der Waals surface area contributed by atoms with Crippen LogP contribution in [-0.4, -0.2) is 43.9 Å². The lowest BCUT2D eigenvalue weighted by Gasteiger charge is -2.25. The third-order valence-electron chi connectivity index (χ3n) is 5.75. The summed E-state index contributed by atoms with van der Waals surface area (Å²) in [6, 6.07) is 11.0. The van der Waals surface area contributed by atoms with Gasteiger partial charge in [-0.2, -0.15) is 5.10 Å². The molecular formula is C22H29N5. The Morgan fingerprint density at radius 3 is 2.59 bits per heavy atom. The Labute approximate surface area is 161 Å². The molecule has 3 aromatic rings. The first-order chi connectivity index (χ1) is 13.3. The monoisotopic (exact) mass is 363 g/mol. The van der Waals surface area contributed by atoms with Crippen molar-refractivity contribution in [3.8, 4) is 11.3 Å². The van der Waals surface area contributed by atoms with E-state index in [0.717, 1.165) is 19.5 Å². The van der Waals surface area contributed by atoms with Crippen molar-refractivity contribution in [3.05, 3.63) is 60.3 Å². The van der Waals surface area contributed by atoms with E-state index < -0.39 is 0 Å². The highest BCUT2D eigenvalue weighted by molar-refractivity contribution is 5.61. The Bertz CT molecular complexity index is 858. The Kier molecular flexibility index (Phi) is 5.39. The first-order valence-corrected chi connectivity index (χ1v) is 10.1. The predicted octanol–water partition coefficient (Wildman–Crippen LogP) is 4.15. The van der Waals surface area contributed by atoms with Gasteiger partial charge in [-0.1, -0.05) is 37.3 Å². The minimum Gasteiger partial charge on any atom is -0.326 e. The molecule has 0 N–H and O–H groups in total. The molecule has 1 saturated heterocycles. The number of rotatable bonds is 7. The molecule has 2 aromatic heterocycles. The summed E-state index contributed by atoms with van der Waals surface area (Å²) in [6.07, 6.45) is 9.75. The van der Waals surface area contributed by atoms with Gasteiger partial charge in [0.25, 0.3) is 0 Å². The molecule has 1 fully saturated rings. The van der Waals surface area contributed by atoms with Gasteiger partial charge in [0.2, 0.25) is 0 Å². The normalized spacial score (nSPS) is 16.1. The average molecular weight is 364 g/mol. The zero-order valence-electron chi connectivity index (χ0n) is 16.4. The maximum atomic E-state index is 4.66. The second-order valence-electron chi connectivity index (χ2n) is 7.54. The number of benzene rings is 1. The van der Waals surface area contributed by atoms with E-state index in [1.165, 1.54) is 48.4 Å². The van der Waals surface area contributed by atoms with Crippen molar-refractivity contribution in [3.63, 3.8) is 0 Å². The molecule has 5 nitrogen and oxygen atoms in total. The zero-order chi connectivity index (χ0) is 18.6. The molecule has 0 aliphatic carbocycles. The molecule has 3 heterocycles. The summed E-state index contributed by atoms with van der Waals surface area (Å²) in [5, 5.41) is 4.66. The van der Waals surface area contributed by atoms with Crippen LogP contribution in [0.3, 0.4) is 0 Å². The van der Waals surface area contributed by atoms with Crippen molar-refractivity contribution < 1.29 is 0 Å². The molecule has 142 valence electrons. The van der Waals surface area contributed by atoms with Gasteiger partial charge in [-0.05, 0) is 44.8 Å². The fourth-order valence-electron chi connectivity index (χ4n) is 4.09. The van der Waals surface area contributed by atoms with E-state index in [-0.39, 0.29) is 0 Å². The number of hydrogen-bond acceptors (Lipinski definition) is 3. The van der Waals surface area contributed by atoms with E-state index in [4.69, 9.17) is 0 Å². The number of aromatic nitrogens is 4. The highest BCUT2D eigenvalue weighted by Crippen LogP contribution is 2.28. The van der Waals surface area contributed by atoms with Crippen molar-refractivity contribution in [2.45, 2.75) is 45.7 Å². The quantitative estimate of drug-likeness (QED) is 0.633. The summed E-state index contributed by atoms with van der Waals surface area (Å²) in [7, 11) is 0. The van der Waals surface area contributed by atoms with Gasteiger partial charge in [-0.25, -0.2) is 4.98 Å². The standard InChI is InChI=1S/C22H29N5/c1-3-20(16-25-11-7-8-12-25)26-17-23-14-22(26)21-13-24-27(18(21)2)15-19-9-5-4-6-10-19/h4-6,9-10,13-14,17,20H,3,7-8,11-12,15-16H2,1-2H3. The largest absolute Gasteiger partial charge is 0.326 e. The van der Waals surface area contributed by atoms with E-state index in [0.29, 0.717) is 6.04 Å². The molecule has 1 aromatic carbocycles. The Hall–Kier alpha value is -2.40. The van der Waals surface area contributed by atoms with E-state index in [2.05, 4.69) is 68.4 Å². The first kappa shape index (κ1) is 18.0. The lowest BCUT2D eigenvalue weighted by molar-refractivity contribution is 0.273. The topological polar surface area (TPSA) is 38.9 Å². The molecule has 0 spiro atoms. The number of hydrogen-bond donors (Lipinski definition) is 0. The second kappa shape index (κ2) is 8.09. The van der Waals surface area contributed by atoms with Crippen molar-refractivity contribution in [1.82, 2.24) is 24.2 Å². The van der Waals surface area contributed by atoms with Crippen LogP contribution in [0.4, 0.5) is 0 Å². The van der Waals surface area contributed by atoms with E-state index in [1.54, 1.807) is 0 Å². The van der Waals surface area contributed by atoms with Crippen LogP contribution >= 0.6 is 0 Å². The summed E-state index contributed by atoms with van der Waals surface area (Å²) in [5.74, 6) is 0. The van der Waals surface area contributed by atoms with Crippen LogP contribution in [0.1, 0.15) is 43.5 Å². The molecule has 27 heavy (non-hydrogen) atoms. The molecule has 4 rings (SSSR count). The van der Waals surface area contributed by atoms with Gasteiger partial charge in [0.1, 0.15) is 0 Å². The summed E-state index contributed by atoms with van der Waals surface area (Å²) in [5.41, 5.74) is 4.82. The third-order valence-corrected chi connectivity index (χ3v) is 5.75. The Morgan fingerprint density at radius 2 is 1.85 bits per heavy atom. The molecule has 1 atom stereocenters. The lowest BCUT2D eigenvalue weighted by Crippen LogP contribution is -2.28. The molecule has 1 aliphatic rings. The maximum Gasteiger partial charge on any atom is 0.0954 e. The van der Waals surface area contributed by atoms with Crippen molar-refractivity contribution >= 4 is 0 Å². The summed E-state index contributed by atoms with van der Waals surface area (Å²) < 4.78 is 4.44. The SMILES string of the molecule is CCC(CN1CCCC1)n1cncc1-c1cnn(Cc2ccccc2)c1C. The van der Waals surface area contributed by atoms with Crippen LogP contribution in [0.25, 0.3) is 11.3 Å². The third kappa shape index (κ3) is 3.83. The van der Waals surface area contributed by atoms with Crippen molar-refractivity contribution in [1.29, 1.82) is 0 Å². The number of imidazole rings is 1. The molecule has 0 saturated carbocycles. The van der Waals surface area contributed by atoms with Crippen molar-refractivity contribution in [2.75, 3.05) is 19.6 Å². The fourth-order valence-corrected chi connectivity index (χ4v) is 4.09. The second-order valence-corrected chi connectivity index (χ2v) is 7.54.